The second-order valence-electron chi connectivity index (χ2n) is 4.56. The predicted molar refractivity (Wildman–Crippen MR) is 82.6 cm³/mol. The van der Waals surface area contributed by atoms with Crippen LogP contribution in [0.3, 0.4) is 0 Å². The van der Waals surface area contributed by atoms with Gasteiger partial charge in [0.2, 0.25) is 5.91 Å². The number of carbonyl (C=O) groups is 1. The number of rotatable bonds is 2. The number of anilines is 2. The van der Waals surface area contributed by atoms with Gasteiger partial charge in [-0.15, -0.1) is 0 Å². The van der Waals surface area contributed by atoms with Crippen LogP contribution in [0.25, 0.3) is 0 Å². The van der Waals surface area contributed by atoms with Gasteiger partial charge >= 0.3 is 0 Å². The van der Waals surface area contributed by atoms with Gasteiger partial charge in [0.25, 0.3) is 0 Å². The van der Waals surface area contributed by atoms with Crippen molar-refractivity contribution in [2.45, 2.75) is 6.54 Å². The van der Waals surface area contributed by atoms with E-state index in [1.807, 2.05) is 36.4 Å². The zero-order valence-electron chi connectivity index (χ0n) is 10.6. The lowest BCUT2D eigenvalue weighted by Gasteiger charge is -2.30. The molecule has 0 spiro atoms. The number of nitrogens with one attached hydrogen (secondary N) is 1. The monoisotopic (exact) mass is 306 g/mol. The standard InChI is InChI=1S/C15H12Cl2N2O/c16-11-5-3-4-10(15(11)17)9-19-13-7-2-1-6-12(13)18-8-14(19)20/h1-7,18H,8-9H2. The van der Waals surface area contributed by atoms with Crippen LogP contribution in [0.2, 0.25) is 10.0 Å². The zero-order chi connectivity index (χ0) is 14.1. The van der Waals surface area contributed by atoms with Gasteiger partial charge in [-0.3, -0.25) is 4.79 Å². The first-order chi connectivity index (χ1) is 9.66. The van der Waals surface area contributed by atoms with Gasteiger partial charge in [0.05, 0.1) is 34.5 Å². The van der Waals surface area contributed by atoms with E-state index in [1.54, 1.807) is 11.0 Å². The van der Waals surface area contributed by atoms with E-state index in [0.29, 0.717) is 16.6 Å². The topological polar surface area (TPSA) is 32.3 Å². The number of nitrogens with zero attached hydrogens (tertiary/aromatic N) is 1. The summed E-state index contributed by atoms with van der Waals surface area (Å²) in [6.45, 7) is 0.701. The second-order valence-corrected chi connectivity index (χ2v) is 5.35. The number of carbonyl (C=O) groups excluding carboxylic acids is 1. The van der Waals surface area contributed by atoms with Crippen LogP contribution in [0.4, 0.5) is 11.4 Å². The fourth-order valence-corrected chi connectivity index (χ4v) is 2.65. The first kappa shape index (κ1) is 13.3. The van der Waals surface area contributed by atoms with Gasteiger partial charge in [0.1, 0.15) is 0 Å². The minimum atomic E-state index is 0.0137. The second kappa shape index (κ2) is 5.35. The zero-order valence-corrected chi connectivity index (χ0v) is 12.1. The Bertz CT molecular complexity index is 673. The van der Waals surface area contributed by atoms with E-state index in [-0.39, 0.29) is 12.5 Å². The molecule has 20 heavy (non-hydrogen) atoms. The van der Waals surface area contributed by atoms with Crippen LogP contribution in [0.5, 0.6) is 0 Å². The van der Waals surface area contributed by atoms with Crippen molar-refractivity contribution >= 4 is 40.5 Å². The number of halogens is 2. The smallest absolute Gasteiger partial charge is 0.246 e. The Morgan fingerprint density at radius 3 is 2.75 bits per heavy atom. The molecule has 102 valence electrons. The average molecular weight is 307 g/mol. The summed E-state index contributed by atoms with van der Waals surface area (Å²) < 4.78 is 0. The summed E-state index contributed by atoms with van der Waals surface area (Å²) in [6, 6.07) is 13.2. The minimum absolute atomic E-state index is 0.0137. The van der Waals surface area contributed by atoms with E-state index in [4.69, 9.17) is 23.2 Å². The minimum Gasteiger partial charge on any atom is -0.374 e. The largest absolute Gasteiger partial charge is 0.374 e. The number of amides is 1. The molecule has 2 aromatic rings. The highest BCUT2D eigenvalue weighted by Gasteiger charge is 2.24. The molecule has 1 amide bonds. The third kappa shape index (κ3) is 2.35. The molecule has 0 unspecified atom stereocenters. The van der Waals surface area contributed by atoms with Crippen molar-refractivity contribution in [2.24, 2.45) is 0 Å². The van der Waals surface area contributed by atoms with Crippen molar-refractivity contribution in [3.05, 3.63) is 58.1 Å². The van der Waals surface area contributed by atoms with Gasteiger partial charge in [0.15, 0.2) is 0 Å². The van der Waals surface area contributed by atoms with E-state index >= 15 is 0 Å². The van der Waals surface area contributed by atoms with E-state index < -0.39 is 0 Å². The highest BCUT2D eigenvalue weighted by Crippen LogP contribution is 2.32. The van der Waals surface area contributed by atoms with Crippen molar-refractivity contribution in [2.75, 3.05) is 16.8 Å². The van der Waals surface area contributed by atoms with Crippen LogP contribution in [0.1, 0.15) is 5.56 Å². The molecular formula is C15H12Cl2N2O. The van der Waals surface area contributed by atoms with Crippen LogP contribution < -0.4 is 10.2 Å². The highest BCUT2D eigenvalue weighted by atomic mass is 35.5. The predicted octanol–water partition coefficient (Wildman–Crippen LogP) is 3.95. The molecule has 1 N–H and O–H groups in total. The Labute approximate surface area is 127 Å². The Kier molecular flexibility index (Phi) is 3.55. The van der Waals surface area contributed by atoms with Gasteiger partial charge in [-0.25, -0.2) is 0 Å². The summed E-state index contributed by atoms with van der Waals surface area (Å²) >= 11 is 12.2. The quantitative estimate of drug-likeness (QED) is 0.911. The van der Waals surface area contributed by atoms with Gasteiger partial charge in [-0.05, 0) is 23.8 Å². The van der Waals surface area contributed by atoms with Crippen molar-refractivity contribution in [3.63, 3.8) is 0 Å². The average Bonchev–Trinajstić information content (AvgIpc) is 2.46. The van der Waals surface area contributed by atoms with Crippen LogP contribution in [-0.2, 0) is 11.3 Å². The maximum atomic E-state index is 12.1. The third-order valence-corrected chi connectivity index (χ3v) is 4.14. The summed E-state index contributed by atoms with van der Waals surface area (Å²) in [7, 11) is 0. The molecule has 1 heterocycles. The van der Waals surface area contributed by atoms with E-state index in [0.717, 1.165) is 16.9 Å². The fraction of sp³-hybridized carbons (Fsp3) is 0.133. The molecule has 0 fully saturated rings. The molecular weight excluding hydrogens is 295 g/mol. The number of benzene rings is 2. The molecule has 1 aliphatic rings. The maximum Gasteiger partial charge on any atom is 0.246 e. The van der Waals surface area contributed by atoms with Crippen molar-refractivity contribution < 1.29 is 4.79 Å². The highest BCUT2D eigenvalue weighted by molar-refractivity contribution is 6.42. The number of para-hydroxylation sites is 2. The Morgan fingerprint density at radius 1 is 1.10 bits per heavy atom. The van der Waals surface area contributed by atoms with Gasteiger partial charge in [0, 0.05) is 0 Å². The Balaban J connectivity index is 1.98. The molecule has 3 rings (SSSR count). The lowest BCUT2D eigenvalue weighted by atomic mass is 10.1. The van der Waals surface area contributed by atoms with E-state index in [1.165, 1.54) is 0 Å². The molecule has 2 aromatic carbocycles. The fourth-order valence-electron chi connectivity index (χ4n) is 2.27. The first-order valence-electron chi connectivity index (χ1n) is 6.23. The lowest BCUT2D eigenvalue weighted by molar-refractivity contribution is -0.117. The number of hydrogen-bond donors (Lipinski definition) is 1. The normalized spacial score (nSPS) is 13.9. The molecule has 3 nitrogen and oxygen atoms in total. The van der Waals surface area contributed by atoms with Crippen LogP contribution >= 0.6 is 23.2 Å². The van der Waals surface area contributed by atoms with Crippen molar-refractivity contribution in [1.29, 1.82) is 0 Å². The summed E-state index contributed by atoms with van der Waals surface area (Å²) in [5.74, 6) is 0.0137. The number of hydrogen-bond acceptors (Lipinski definition) is 2. The summed E-state index contributed by atoms with van der Waals surface area (Å²) in [6.07, 6.45) is 0. The lowest BCUT2D eigenvalue weighted by Crippen LogP contribution is -2.39. The van der Waals surface area contributed by atoms with Gasteiger partial charge in [-0.2, -0.15) is 0 Å². The Hall–Kier alpha value is -1.71. The summed E-state index contributed by atoms with van der Waals surface area (Å²) in [4.78, 5) is 13.9. The molecule has 0 saturated heterocycles. The molecule has 0 atom stereocenters. The van der Waals surface area contributed by atoms with Crippen LogP contribution in [0.15, 0.2) is 42.5 Å². The van der Waals surface area contributed by atoms with Gasteiger partial charge < -0.3 is 10.2 Å². The van der Waals surface area contributed by atoms with Gasteiger partial charge in [-0.1, -0.05) is 47.5 Å². The first-order valence-corrected chi connectivity index (χ1v) is 6.98. The number of fused-ring (bicyclic) bond motifs is 1. The molecule has 0 aromatic heterocycles. The van der Waals surface area contributed by atoms with Crippen molar-refractivity contribution in [3.8, 4) is 0 Å². The summed E-state index contributed by atoms with van der Waals surface area (Å²) in [5, 5.41) is 4.10. The molecule has 0 saturated carbocycles. The molecule has 1 aliphatic heterocycles. The Morgan fingerprint density at radius 2 is 1.90 bits per heavy atom. The van der Waals surface area contributed by atoms with Crippen LogP contribution in [-0.4, -0.2) is 12.5 Å². The summed E-state index contributed by atoms with van der Waals surface area (Å²) in [5.41, 5.74) is 2.65. The van der Waals surface area contributed by atoms with Crippen LogP contribution in [0, 0.1) is 0 Å². The molecule has 0 bridgehead atoms. The molecule has 0 aliphatic carbocycles. The van der Waals surface area contributed by atoms with Crippen molar-refractivity contribution in [1.82, 2.24) is 0 Å². The third-order valence-electron chi connectivity index (χ3n) is 3.29. The maximum absolute atomic E-state index is 12.1. The molecule has 0 radical (unpaired) electrons. The van der Waals surface area contributed by atoms with E-state index in [2.05, 4.69) is 5.32 Å². The SMILES string of the molecule is O=C1CNc2ccccc2N1Cc1cccc(Cl)c1Cl. The van der Waals surface area contributed by atoms with E-state index in [9.17, 15) is 4.79 Å². The molecule has 5 heteroatoms.